The average Bonchev–Trinajstić information content (AvgIpc) is 3.37. The van der Waals surface area contributed by atoms with Crippen molar-refractivity contribution in [2.24, 2.45) is 5.10 Å². The molecule has 0 saturated heterocycles. The Morgan fingerprint density at radius 3 is 2.35 bits per heavy atom. The monoisotopic (exact) mass is 435 g/mol. The molecule has 0 amide bonds. The van der Waals surface area contributed by atoms with Crippen LogP contribution in [0, 0.1) is 0 Å². The van der Waals surface area contributed by atoms with Gasteiger partial charge in [0.25, 0.3) is 0 Å². The lowest BCUT2D eigenvalue weighted by Gasteiger charge is -2.24. The number of rotatable bonds is 6. The standard InChI is InChI=1S/C23H21N3O4S/c1-15-21(19(13-29-2)22(28)30-3)31-23-25(14-24-26(15)23)18-11-9-17(10-12-18)20(27)16-7-5-4-6-8-16/h4-14,23H,1-3H3. The number of hydrogen-bond acceptors (Lipinski definition) is 8. The van der Waals surface area contributed by atoms with Crippen LogP contribution in [-0.2, 0) is 14.3 Å². The average molecular weight is 436 g/mol. The van der Waals surface area contributed by atoms with Crippen LogP contribution in [0.1, 0.15) is 22.8 Å². The molecule has 0 aromatic heterocycles. The molecule has 2 aromatic carbocycles. The van der Waals surface area contributed by atoms with Gasteiger partial charge in [-0.15, -0.1) is 0 Å². The van der Waals surface area contributed by atoms with Crippen LogP contribution in [0.4, 0.5) is 5.69 Å². The summed E-state index contributed by atoms with van der Waals surface area (Å²) in [6, 6.07) is 16.6. The first-order valence-corrected chi connectivity index (χ1v) is 10.4. The highest BCUT2D eigenvalue weighted by atomic mass is 32.2. The van der Waals surface area contributed by atoms with Crippen LogP contribution in [0.5, 0.6) is 0 Å². The molecular weight excluding hydrogens is 414 g/mol. The molecule has 4 rings (SSSR count). The molecule has 1 unspecified atom stereocenters. The van der Waals surface area contributed by atoms with Crippen LogP contribution in [-0.4, -0.2) is 42.8 Å². The van der Waals surface area contributed by atoms with Gasteiger partial charge in [0.15, 0.2) is 11.3 Å². The minimum absolute atomic E-state index is 0.0219. The van der Waals surface area contributed by atoms with Crippen LogP contribution in [0.3, 0.4) is 0 Å². The Labute approximate surface area is 184 Å². The SMILES string of the molecule is COC=C(C(=O)OC)C1=C(C)N2N=CN(c3ccc(C(=O)c4ccccc4)cc3)C2S1. The van der Waals surface area contributed by atoms with E-state index in [1.807, 2.05) is 59.3 Å². The highest BCUT2D eigenvalue weighted by molar-refractivity contribution is 8.04. The van der Waals surface area contributed by atoms with Crippen molar-refractivity contribution in [3.8, 4) is 0 Å². The third kappa shape index (κ3) is 3.82. The lowest BCUT2D eigenvalue weighted by atomic mass is 10.0. The number of allylic oxidation sites excluding steroid dienone is 1. The van der Waals surface area contributed by atoms with Crippen molar-refractivity contribution in [2.45, 2.75) is 12.4 Å². The first kappa shape index (κ1) is 20.7. The lowest BCUT2D eigenvalue weighted by Crippen LogP contribution is -2.33. The van der Waals surface area contributed by atoms with E-state index in [1.54, 1.807) is 18.5 Å². The first-order valence-electron chi connectivity index (χ1n) is 9.56. The van der Waals surface area contributed by atoms with E-state index in [1.165, 1.54) is 32.2 Å². The molecule has 0 radical (unpaired) electrons. The summed E-state index contributed by atoms with van der Waals surface area (Å²) < 4.78 is 9.97. The topological polar surface area (TPSA) is 71.4 Å². The molecule has 2 aliphatic heterocycles. The van der Waals surface area contributed by atoms with Crippen molar-refractivity contribution in [1.82, 2.24) is 5.01 Å². The second kappa shape index (κ2) is 8.69. The van der Waals surface area contributed by atoms with Gasteiger partial charge >= 0.3 is 5.97 Å². The van der Waals surface area contributed by atoms with Crippen molar-refractivity contribution in [3.05, 3.63) is 88.2 Å². The van der Waals surface area contributed by atoms with Crippen LogP contribution in [0.25, 0.3) is 0 Å². The predicted octanol–water partition coefficient (Wildman–Crippen LogP) is 3.95. The van der Waals surface area contributed by atoms with Crippen LogP contribution >= 0.6 is 11.8 Å². The van der Waals surface area contributed by atoms with Gasteiger partial charge < -0.3 is 9.47 Å². The summed E-state index contributed by atoms with van der Waals surface area (Å²) in [7, 11) is 2.83. The lowest BCUT2D eigenvalue weighted by molar-refractivity contribution is -0.135. The molecule has 0 spiro atoms. The van der Waals surface area contributed by atoms with E-state index in [-0.39, 0.29) is 11.3 Å². The van der Waals surface area contributed by atoms with E-state index >= 15 is 0 Å². The fourth-order valence-corrected chi connectivity index (χ4v) is 4.75. The quantitative estimate of drug-likeness (QED) is 0.294. The Morgan fingerprint density at radius 1 is 1.03 bits per heavy atom. The third-order valence-electron chi connectivity index (χ3n) is 4.99. The third-order valence-corrected chi connectivity index (χ3v) is 6.38. The molecule has 1 atom stereocenters. The zero-order valence-corrected chi connectivity index (χ0v) is 18.1. The second-order valence-electron chi connectivity index (χ2n) is 6.84. The van der Waals surface area contributed by atoms with E-state index in [0.717, 1.165) is 16.3 Å². The van der Waals surface area contributed by atoms with Crippen LogP contribution in [0.15, 0.2) is 82.1 Å². The number of hydrazone groups is 1. The van der Waals surface area contributed by atoms with E-state index in [0.29, 0.717) is 16.7 Å². The fraction of sp³-hybridized carbons (Fsp3) is 0.174. The van der Waals surface area contributed by atoms with Gasteiger partial charge in [0.1, 0.15) is 11.9 Å². The maximum Gasteiger partial charge on any atom is 0.342 e. The van der Waals surface area contributed by atoms with E-state index in [9.17, 15) is 9.59 Å². The van der Waals surface area contributed by atoms with Crippen molar-refractivity contribution in [1.29, 1.82) is 0 Å². The number of ether oxygens (including phenoxy) is 2. The number of fused-ring (bicyclic) bond motifs is 1. The molecule has 0 aliphatic carbocycles. The van der Waals surface area contributed by atoms with Gasteiger partial charge in [0.05, 0.1) is 26.2 Å². The summed E-state index contributed by atoms with van der Waals surface area (Å²) in [5, 5.41) is 6.33. The minimum Gasteiger partial charge on any atom is -0.503 e. The summed E-state index contributed by atoms with van der Waals surface area (Å²) in [6.07, 6.45) is 3.13. The number of anilines is 1. The van der Waals surface area contributed by atoms with Crippen molar-refractivity contribution in [3.63, 3.8) is 0 Å². The highest BCUT2D eigenvalue weighted by Crippen LogP contribution is 2.46. The zero-order chi connectivity index (χ0) is 22.0. The minimum atomic E-state index is -0.468. The van der Waals surface area contributed by atoms with Gasteiger partial charge in [-0.25, -0.2) is 9.80 Å². The normalized spacial score (nSPS) is 17.8. The highest BCUT2D eigenvalue weighted by Gasteiger charge is 2.41. The Hall–Kier alpha value is -3.52. The summed E-state index contributed by atoms with van der Waals surface area (Å²) in [5.41, 5.74) is 3.15. The summed E-state index contributed by atoms with van der Waals surface area (Å²) in [4.78, 5) is 27.6. The van der Waals surface area contributed by atoms with Crippen LogP contribution in [0.2, 0.25) is 0 Å². The number of esters is 1. The van der Waals surface area contributed by atoms with Gasteiger partial charge in [-0.2, -0.15) is 5.10 Å². The van der Waals surface area contributed by atoms with Gasteiger partial charge in [0, 0.05) is 21.7 Å². The molecule has 0 N–H and O–H groups in total. The number of hydrogen-bond donors (Lipinski definition) is 0. The molecule has 0 saturated carbocycles. The summed E-state index contributed by atoms with van der Waals surface area (Å²) >= 11 is 1.48. The van der Waals surface area contributed by atoms with Gasteiger partial charge in [-0.3, -0.25) is 9.69 Å². The molecule has 0 bridgehead atoms. The van der Waals surface area contributed by atoms with Gasteiger partial charge in [0.2, 0.25) is 0 Å². The number of carbonyl (C=O) groups is 2. The van der Waals surface area contributed by atoms with E-state index in [2.05, 4.69) is 5.10 Å². The number of ketones is 1. The smallest absolute Gasteiger partial charge is 0.342 e. The number of nitrogens with zero attached hydrogens (tertiary/aromatic N) is 3. The van der Waals surface area contributed by atoms with Crippen molar-refractivity contribution in [2.75, 3.05) is 19.1 Å². The molecule has 2 aliphatic rings. The number of methoxy groups -OCH3 is 2. The molecule has 31 heavy (non-hydrogen) atoms. The Morgan fingerprint density at radius 2 is 1.71 bits per heavy atom. The van der Waals surface area contributed by atoms with Crippen molar-refractivity contribution >= 4 is 35.5 Å². The summed E-state index contributed by atoms with van der Waals surface area (Å²) in [6.45, 7) is 1.90. The maximum absolute atomic E-state index is 12.7. The molecule has 0 fully saturated rings. The Bertz CT molecular complexity index is 1090. The second-order valence-corrected chi connectivity index (χ2v) is 7.91. The molecule has 158 valence electrons. The van der Waals surface area contributed by atoms with Gasteiger partial charge in [-0.05, 0) is 31.2 Å². The Balaban J connectivity index is 1.55. The van der Waals surface area contributed by atoms with E-state index in [4.69, 9.17) is 9.47 Å². The number of thioether (sulfide) groups is 1. The van der Waals surface area contributed by atoms with E-state index < -0.39 is 5.97 Å². The number of carbonyl (C=O) groups excluding carboxylic acids is 2. The summed E-state index contributed by atoms with van der Waals surface area (Å²) in [5.74, 6) is -0.490. The van der Waals surface area contributed by atoms with Crippen LogP contribution < -0.4 is 4.90 Å². The first-order chi connectivity index (χ1) is 15.0. The zero-order valence-electron chi connectivity index (χ0n) is 17.3. The maximum atomic E-state index is 12.7. The predicted molar refractivity (Wildman–Crippen MR) is 120 cm³/mol. The molecule has 2 aromatic rings. The molecule has 2 heterocycles. The number of benzene rings is 2. The molecule has 8 heteroatoms. The van der Waals surface area contributed by atoms with Gasteiger partial charge in [-0.1, -0.05) is 42.1 Å². The van der Waals surface area contributed by atoms with Crippen molar-refractivity contribution < 1.29 is 19.1 Å². The molecule has 7 nitrogen and oxygen atoms in total. The Kier molecular flexibility index (Phi) is 5.81. The largest absolute Gasteiger partial charge is 0.503 e. The fourth-order valence-electron chi connectivity index (χ4n) is 3.41. The molecular formula is C23H21N3O4S.